The SMILES string of the molecule is COc1ccc(NC(=O)c2cc(-c3ccc(C)cc3)oc2C)c(OC)c1. The average Bonchev–Trinajstić information content (AvgIpc) is 3.04. The third kappa shape index (κ3) is 3.57. The van der Waals surface area contributed by atoms with Crippen molar-refractivity contribution < 1.29 is 18.7 Å². The Morgan fingerprint density at radius 1 is 0.962 bits per heavy atom. The van der Waals surface area contributed by atoms with Gasteiger partial charge in [-0.2, -0.15) is 0 Å². The van der Waals surface area contributed by atoms with Gasteiger partial charge in [0.25, 0.3) is 5.91 Å². The summed E-state index contributed by atoms with van der Waals surface area (Å²) in [6.45, 7) is 3.80. The third-order valence-electron chi connectivity index (χ3n) is 4.16. The first-order valence-corrected chi connectivity index (χ1v) is 8.22. The highest BCUT2D eigenvalue weighted by Crippen LogP contribution is 2.31. The first-order valence-electron chi connectivity index (χ1n) is 8.22. The predicted molar refractivity (Wildman–Crippen MR) is 101 cm³/mol. The number of amides is 1. The van der Waals surface area contributed by atoms with Crippen molar-refractivity contribution in [2.24, 2.45) is 0 Å². The summed E-state index contributed by atoms with van der Waals surface area (Å²) in [6.07, 6.45) is 0. The van der Waals surface area contributed by atoms with E-state index in [1.807, 2.05) is 31.2 Å². The van der Waals surface area contributed by atoms with Crippen molar-refractivity contribution in [2.45, 2.75) is 13.8 Å². The molecule has 0 radical (unpaired) electrons. The van der Waals surface area contributed by atoms with Crippen LogP contribution in [0.25, 0.3) is 11.3 Å². The Kier molecular flexibility index (Phi) is 4.98. The van der Waals surface area contributed by atoms with Gasteiger partial charge in [0.05, 0.1) is 25.5 Å². The summed E-state index contributed by atoms with van der Waals surface area (Å²) in [4.78, 5) is 12.7. The van der Waals surface area contributed by atoms with Crippen LogP contribution in [-0.4, -0.2) is 20.1 Å². The molecule has 5 nitrogen and oxygen atoms in total. The van der Waals surface area contributed by atoms with Crippen LogP contribution in [0.3, 0.4) is 0 Å². The third-order valence-corrected chi connectivity index (χ3v) is 4.16. The van der Waals surface area contributed by atoms with E-state index < -0.39 is 0 Å². The molecule has 2 aromatic carbocycles. The summed E-state index contributed by atoms with van der Waals surface area (Å²) in [5.74, 6) is 2.14. The molecule has 5 heteroatoms. The smallest absolute Gasteiger partial charge is 0.259 e. The summed E-state index contributed by atoms with van der Waals surface area (Å²) < 4.78 is 16.3. The maximum absolute atomic E-state index is 12.7. The van der Waals surface area contributed by atoms with Gasteiger partial charge in [-0.25, -0.2) is 0 Å². The first-order chi connectivity index (χ1) is 12.5. The number of ether oxygens (including phenoxy) is 2. The lowest BCUT2D eigenvalue weighted by atomic mass is 10.1. The lowest BCUT2D eigenvalue weighted by Crippen LogP contribution is -2.12. The summed E-state index contributed by atoms with van der Waals surface area (Å²) in [6, 6.07) is 14.9. The fraction of sp³-hybridized carbons (Fsp3) is 0.190. The Morgan fingerprint density at radius 3 is 2.35 bits per heavy atom. The number of carbonyl (C=O) groups excluding carboxylic acids is 1. The second-order valence-electron chi connectivity index (χ2n) is 5.97. The van der Waals surface area contributed by atoms with Crippen LogP contribution in [-0.2, 0) is 0 Å². The van der Waals surface area contributed by atoms with Gasteiger partial charge in [-0.15, -0.1) is 0 Å². The molecular weight excluding hydrogens is 330 g/mol. The Bertz CT molecular complexity index is 926. The second kappa shape index (κ2) is 7.35. The molecule has 3 aromatic rings. The zero-order valence-corrected chi connectivity index (χ0v) is 15.3. The highest BCUT2D eigenvalue weighted by atomic mass is 16.5. The lowest BCUT2D eigenvalue weighted by molar-refractivity contribution is 0.102. The van der Waals surface area contributed by atoms with Crippen LogP contribution in [0.1, 0.15) is 21.7 Å². The van der Waals surface area contributed by atoms with Gasteiger partial charge in [-0.05, 0) is 32.0 Å². The van der Waals surface area contributed by atoms with E-state index >= 15 is 0 Å². The number of aryl methyl sites for hydroxylation is 2. The number of rotatable bonds is 5. The maximum atomic E-state index is 12.7. The van der Waals surface area contributed by atoms with E-state index in [2.05, 4.69) is 5.32 Å². The van der Waals surface area contributed by atoms with Crippen molar-refractivity contribution in [3.8, 4) is 22.8 Å². The first kappa shape index (κ1) is 17.6. The van der Waals surface area contributed by atoms with Crippen LogP contribution in [0.15, 0.2) is 52.9 Å². The molecule has 3 rings (SSSR count). The van der Waals surface area contributed by atoms with E-state index in [-0.39, 0.29) is 5.91 Å². The van der Waals surface area contributed by atoms with E-state index in [1.165, 1.54) is 5.56 Å². The van der Waals surface area contributed by atoms with Crippen LogP contribution < -0.4 is 14.8 Å². The van der Waals surface area contributed by atoms with Gasteiger partial charge in [-0.3, -0.25) is 4.79 Å². The van der Waals surface area contributed by atoms with Crippen molar-refractivity contribution in [2.75, 3.05) is 19.5 Å². The van der Waals surface area contributed by atoms with Crippen LogP contribution in [0.4, 0.5) is 5.69 Å². The van der Waals surface area contributed by atoms with Crippen LogP contribution in [0.2, 0.25) is 0 Å². The molecule has 0 unspecified atom stereocenters. The topological polar surface area (TPSA) is 60.7 Å². The van der Waals surface area contributed by atoms with Crippen molar-refractivity contribution in [1.29, 1.82) is 0 Å². The van der Waals surface area contributed by atoms with Crippen molar-refractivity contribution >= 4 is 11.6 Å². The van der Waals surface area contributed by atoms with E-state index in [9.17, 15) is 4.79 Å². The molecule has 0 atom stereocenters. The van der Waals surface area contributed by atoms with Gasteiger partial charge in [-0.1, -0.05) is 29.8 Å². The molecule has 1 heterocycles. The molecule has 134 valence electrons. The standard InChI is InChI=1S/C21H21NO4/c1-13-5-7-15(8-6-13)19-12-17(14(2)26-19)21(23)22-18-10-9-16(24-3)11-20(18)25-4/h5-12H,1-4H3,(H,22,23). The highest BCUT2D eigenvalue weighted by molar-refractivity contribution is 6.06. The number of furan rings is 1. The number of methoxy groups -OCH3 is 2. The van der Waals surface area contributed by atoms with E-state index in [0.717, 1.165) is 5.56 Å². The van der Waals surface area contributed by atoms with E-state index in [4.69, 9.17) is 13.9 Å². The van der Waals surface area contributed by atoms with Gasteiger partial charge in [0.2, 0.25) is 0 Å². The zero-order chi connectivity index (χ0) is 18.7. The van der Waals surface area contributed by atoms with Crippen molar-refractivity contribution in [3.63, 3.8) is 0 Å². The predicted octanol–water partition coefficient (Wildman–Crippen LogP) is 4.83. The minimum Gasteiger partial charge on any atom is -0.497 e. The Balaban J connectivity index is 1.86. The molecule has 0 bridgehead atoms. The molecule has 0 saturated heterocycles. The number of hydrogen-bond acceptors (Lipinski definition) is 4. The molecule has 1 amide bonds. The molecule has 0 spiro atoms. The van der Waals surface area contributed by atoms with E-state index in [1.54, 1.807) is 45.4 Å². The zero-order valence-electron chi connectivity index (χ0n) is 15.3. The Hall–Kier alpha value is -3.21. The van der Waals surface area contributed by atoms with Crippen molar-refractivity contribution in [1.82, 2.24) is 0 Å². The molecule has 0 aliphatic rings. The van der Waals surface area contributed by atoms with Crippen LogP contribution in [0, 0.1) is 13.8 Å². The highest BCUT2D eigenvalue weighted by Gasteiger charge is 2.17. The number of carbonyl (C=O) groups is 1. The number of benzene rings is 2. The maximum Gasteiger partial charge on any atom is 0.259 e. The van der Waals surface area contributed by atoms with Gasteiger partial charge < -0.3 is 19.2 Å². The molecule has 0 saturated carbocycles. The minimum absolute atomic E-state index is 0.256. The summed E-state index contributed by atoms with van der Waals surface area (Å²) >= 11 is 0. The fourth-order valence-corrected chi connectivity index (χ4v) is 2.66. The molecule has 0 fully saturated rings. The Morgan fingerprint density at radius 2 is 1.69 bits per heavy atom. The molecule has 1 aromatic heterocycles. The minimum atomic E-state index is -0.256. The van der Waals surface area contributed by atoms with Gasteiger partial charge >= 0.3 is 0 Å². The monoisotopic (exact) mass is 351 g/mol. The largest absolute Gasteiger partial charge is 0.497 e. The van der Waals surface area contributed by atoms with Gasteiger partial charge in [0, 0.05) is 11.6 Å². The summed E-state index contributed by atoms with van der Waals surface area (Å²) in [5.41, 5.74) is 3.15. The molecule has 26 heavy (non-hydrogen) atoms. The second-order valence-corrected chi connectivity index (χ2v) is 5.97. The van der Waals surface area contributed by atoms with Crippen LogP contribution in [0.5, 0.6) is 11.5 Å². The summed E-state index contributed by atoms with van der Waals surface area (Å²) in [7, 11) is 3.12. The van der Waals surface area contributed by atoms with Gasteiger partial charge in [0.1, 0.15) is 23.0 Å². The number of hydrogen-bond donors (Lipinski definition) is 1. The van der Waals surface area contributed by atoms with Gasteiger partial charge in [0.15, 0.2) is 0 Å². The number of nitrogens with one attached hydrogen (secondary N) is 1. The average molecular weight is 351 g/mol. The van der Waals surface area contributed by atoms with E-state index in [0.29, 0.717) is 34.3 Å². The quantitative estimate of drug-likeness (QED) is 0.715. The van der Waals surface area contributed by atoms with Crippen molar-refractivity contribution in [3.05, 3.63) is 65.4 Å². The molecular formula is C21H21NO4. The summed E-state index contributed by atoms with van der Waals surface area (Å²) in [5, 5.41) is 2.86. The fourth-order valence-electron chi connectivity index (χ4n) is 2.66. The number of anilines is 1. The molecule has 0 aliphatic carbocycles. The lowest BCUT2D eigenvalue weighted by Gasteiger charge is -2.11. The Labute approximate surface area is 152 Å². The normalized spacial score (nSPS) is 10.5. The molecule has 1 N–H and O–H groups in total. The van der Waals surface area contributed by atoms with Crippen LogP contribution >= 0.6 is 0 Å². The molecule has 0 aliphatic heterocycles.